The van der Waals surface area contributed by atoms with Gasteiger partial charge in [0.1, 0.15) is 0 Å². The first-order valence-corrected chi connectivity index (χ1v) is 7.31. The fraction of sp³-hybridized carbons (Fsp3) is 0.143. The molecule has 20 heavy (non-hydrogen) atoms. The molecule has 1 aromatic heterocycles. The maximum absolute atomic E-state index is 12.0. The maximum atomic E-state index is 12.0. The van der Waals surface area contributed by atoms with Crippen LogP contribution < -0.4 is 10.6 Å². The Morgan fingerprint density at radius 2 is 2.15 bits per heavy atom. The highest BCUT2D eigenvalue weighted by Crippen LogP contribution is 2.23. The lowest BCUT2D eigenvalue weighted by Crippen LogP contribution is -2.31. The van der Waals surface area contributed by atoms with E-state index in [-0.39, 0.29) is 11.8 Å². The van der Waals surface area contributed by atoms with Crippen molar-refractivity contribution < 1.29 is 9.59 Å². The third-order valence-electron chi connectivity index (χ3n) is 3.09. The van der Waals surface area contributed by atoms with E-state index in [2.05, 4.69) is 10.6 Å². The first-order chi connectivity index (χ1) is 9.63. The van der Waals surface area contributed by atoms with E-state index in [0.717, 1.165) is 12.0 Å². The number of carbonyl (C=O) groups is 2. The minimum absolute atomic E-state index is 0.0958. The average Bonchev–Trinajstić information content (AvgIpc) is 2.86. The van der Waals surface area contributed by atoms with E-state index in [1.54, 1.807) is 18.2 Å². The molecule has 2 N–H and O–H groups in total. The zero-order valence-electron chi connectivity index (χ0n) is 10.4. The zero-order chi connectivity index (χ0) is 14.1. The minimum atomic E-state index is -0.224. The number of hydrogen-bond acceptors (Lipinski definition) is 3. The van der Waals surface area contributed by atoms with Crippen molar-refractivity contribution in [1.29, 1.82) is 0 Å². The summed E-state index contributed by atoms with van der Waals surface area (Å²) in [6.45, 7) is 0.658. The van der Waals surface area contributed by atoms with Crippen LogP contribution in [-0.2, 0) is 6.42 Å². The molecule has 0 fully saturated rings. The highest BCUT2D eigenvalue weighted by Gasteiger charge is 2.17. The summed E-state index contributed by atoms with van der Waals surface area (Å²) < 4.78 is 0.569. The molecule has 0 spiro atoms. The third-order valence-corrected chi connectivity index (χ3v) is 4.32. The molecule has 0 saturated heterocycles. The van der Waals surface area contributed by atoms with E-state index < -0.39 is 0 Å². The number of benzene rings is 1. The molecule has 0 aliphatic carbocycles. The van der Waals surface area contributed by atoms with E-state index in [4.69, 9.17) is 11.6 Å². The lowest BCUT2D eigenvalue weighted by atomic mass is 10.00. The number of nitrogens with one attached hydrogen (secondary N) is 2. The second kappa shape index (κ2) is 5.26. The van der Waals surface area contributed by atoms with Gasteiger partial charge in [-0.05, 0) is 36.2 Å². The van der Waals surface area contributed by atoms with Crippen LogP contribution in [0.2, 0.25) is 4.34 Å². The van der Waals surface area contributed by atoms with Crippen LogP contribution in [0.3, 0.4) is 0 Å². The molecule has 0 radical (unpaired) electrons. The molecule has 0 bridgehead atoms. The molecule has 1 aliphatic heterocycles. The van der Waals surface area contributed by atoms with Gasteiger partial charge in [0.15, 0.2) is 0 Å². The molecule has 102 valence electrons. The lowest BCUT2D eigenvalue weighted by Gasteiger charge is -2.17. The lowest BCUT2D eigenvalue weighted by molar-refractivity contribution is 0.0944. The van der Waals surface area contributed by atoms with E-state index in [1.165, 1.54) is 11.3 Å². The van der Waals surface area contributed by atoms with Crippen molar-refractivity contribution in [2.45, 2.75) is 6.42 Å². The van der Waals surface area contributed by atoms with Gasteiger partial charge >= 0.3 is 0 Å². The Labute approximate surface area is 124 Å². The Kier molecular flexibility index (Phi) is 3.46. The van der Waals surface area contributed by atoms with Gasteiger partial charge in [0.05, 0.1) is 9.21 Å². The summed E-state index contributed by atoms with van der Waals surface area (Å²) in [4.78, 5) is 24.3. The topological polar surface area (TPSA) is 58.2 Å². The van der Waals surface area contributed by atoms with Gasteiger partial charge < -0.3 is 10.6 Å². The van der Waals surface area contributed by atoms with E-state index >= 15 is 0 Å². The van der Waals surface area contributed by atoms with Gasteiger partial charge in [0.25, 0.3) is 11.8 Å². The molecule has 3 rings (SSSR count). The van der Waals surface area contributed by atoms with Gasteiger partial charge in [0, 0.05) is 17.8 Å². The van der Waals surface area contributed by atoms with Crippen LogP contribution in [0.4, 0.5) is 5.69 Å². The number of rotatable bonds is 2. The number of thiophene rings is 1. The van der Waals surface area contributed by atoms with Crippen molar-refractivity contribution in [2.75, 3.05) is 11.9 Å². The Hall–Kier alpha value is -1.85. The molecule has 6 heteroatoms. The van der Waals surface area contributed by atoms with Crippen LogP contribution in [0.5, 0.6) is 0 Å². The summed E-state index contributed by atoms with van der Waals surface area (Å²) in [5.41, 5.74) is 2.24. The van der Waals surface area contributed by atoms with Crippen LogP contribution in [-0.4, -0.2) is 18.4 Å². The largest absolute Gasteiger partial charge is 0.352 e. The molecule has 2 aromatic rings. The van der Waals surface area contributed by atoms with Crippen molar-refractivity contribution in [3.8, 4) is 0 Å². The Balaban J connectivity index is 1.83. The molecule has 1 aliphatic rings. The highest BCUT2D eigenvalue weighted by molar-refractivity contribution is 7.18. The summed E-state index contributed by atoms with van der Waals surface area (Å²) in [7, 11) is 0. The summed E-state index contributed by atoms with van der Waals surface area (Å²) in [6.07, 6.45) is 0.815. The molecule has 0 saturated carbocycles. The molecular formula is C14H11ClN2O2S. The number of carbonyl (C=O) groups excluding carboxylic acids is 2. The third kappa shape index (κ3) is 2.55. The molecule has 2 heterocycles. The fourth-order valence-corrected chi connectivity index (χ4v) is 3.06. The molecule has 0 atom stereocenters. The molecule has 4 nitrogen and oxygen atoms in total. The standard InChI is InChI=1S/C14H11ClN2O2S/c15-12-4-3-11(20-12)14(19)17-9-2-1-8-5-6-16-13(18)10(8)7-9/h1-4,7H,5-6H2,(H,16,18)(H,17,19). The summed E-state index contributed by atoms with van der Waals surface area (Å²) in [5, 5.41) is 5.56. The number of amides is 2. The number of halogens is 1. The Morgan fingerprint density at radius 1 is 1.30 bits per heavy atom. The van der Waals surface area contributed by atoms with Crippen LogP contribution >= 0.6 is 22.9 Å². The van der Waals surface area contributed by atoms with Gasteiger partial charge in [-0.3, -0.25) is 9.59 Å². The number of fused-ring (bicyclic) bond motifs is 1. The van der Waals surface area contributed by atoms with Gasteiger partial charge in [-0.2, -0.15) is 0 Å². The summed E-state index contributed by atoms with van der Waals surface area (Å²) in [6, 6.07) is 8.75. The van der Waals surface area contributed by atoms with Gasteiger partial charge in [-0.15, -0.1) is 11.3 Å². The van der Waals surface area contributed by atoms with E-state index in [9.17, 15) is 9.59 Å². The first-order valence-electron chi connectivity index (χ1n) is 6.11. The monoisotopic (exact) mass is 306 g/mol. The van der Waals surface area contributed by atoms with E-state index in [1.807, 2.05) is 12.1 Å². The predicted molar refractivity (Wildman–Crippen MR) is 79.8 cm³/mol. The van der Waals surface area contributed by atoms with Crippen molar-refractivity contribution in [3.05, 3.63) is 50.7 Å². The van der Waals surface area contributed by atoms with E-state index in [0.29, 0.717) is 27.0 Å². The van der Waals surface area contributed by atoms with Crippen LogP contribution in [0.15, 0.2) is 30.3 Å². The van der Waals surface area contributed by atoms with Crippen molar-refractivity contribution in [3.63, 3.8) is 0 Å². The predicted octanol–water partition coefficient (Wildman–Crippen LogP) is 2.94. The van der Waals surface area contributed by atoms with Gasteiger partial charge in [-0.1, -0.05) is 17.7 Å². The summed E-state index contributed by atoms with van der Waals surface area (Å²) in [5.74, 6) is -0.320. The van der Waals surface area contributed by atoms with Crippen molar-refractivity contribution >= 4 is 40.4 Å². The van der Waals surface area contributed by atoms with Gasteiger partial charge in [0.2, 0.25) is 0 Å². The highest BCUT2D eigenvalue weighted by atomic mass is 35.5. The Morgan fingerprint density at radius 3 is 2.90 bits per heavy atom. The maximum Gasteiger partial charge on any atom is 0.265 e. The van der Waals surface area contributed by atoms with Crippen LogP contribution in [0, 0.1) is 0 Å². The smallest absolute Gasteiger partial charge is 0.265 e. The molecular weight excluding hydrogens is 296 g/mol. The second-order valence-corrected chi connectivity index (χ2v) is 6.15. The van der Waals surface area contributed by atoms with Crippen molar-refractivity contribution in [2.24, 2.45) is 0 Å². The van der Waals surface area contributed by atoms with Crippen LogP contribution in [0.1, 0.15) is 25.6 Å². The fourth-order valence-electron chi connectivity index (χ4n) is 2.12. The zero-order valence-corrected chi connectivity index (χ0v) is 12.0. The first kappa shape index (κ1) is 13.1. The minimum Gasteiger partial charge on any atom is -0.352 e. The molecule has 1 aromatic carbocycles. The number of hydrogen-bond donors (Lipinski definition) is 2. The SMILES string of the molecule is O=C(Nc1ccc2c(c1)C(=O)NCC2)c1ccc(Cl)s1. The molecule has 2 amide bonds. The second-order valence-electron chi connectivity index (χ2n) is 4.44. The normalized spacial score (nSPS) is 13.6. The number of anilines is 1. The van der Waals surface area contributed by atoms with Crippen LogP contribution in [0.25, 0.3) is 0 Å². The molecule has 0 unspecified atom stereocenters. The van der Waals surface area contributed by atoms with Crippen molar-refractivity contribution in [1.82, 2.24) is 5.32 Å². The summed E-state index contributed by atoms with van der Waals surface area (Å²) >= 11 is 7.03. The Bertz CT molecular complexity index is 696. The average molecular weight is 307 g/mol. The quantitative estimate of drug-likeness (QED) is 0.896. The van der Waals surface area contributed by atoms with Gasteiger partial charge in [-0.25, -0.2) is 0 Å².